The van der Waals surface area contributed by atoms with E-state index in [4.69, 9.17) is 11.6 Å². The van der Waals surface area contributed by atoms with Crippen LogP contribution in [0, 0.1) is 11.8 Å². The summed E-state index contributed by atoms with van der Waals surface area (Å²) in [7, 11) is 0. The molecule has 0 heterocycles. The van der Waals surface area contributed by atoms with E-state index < -0.39 is 0 Å². The van der Waals surface area contributed by atoms with Crippen molar-refractivity contribution in [3.63, 3.8) is 0 Å². The highest BCUT2D eigenvalue weighted by atomic mass is 79.9. The van der Waals surface area contributed by atoms with Gasteiger partial charge in [-0.05, 0) is 48.9 Å². The second kappa shape index (κ2) is 6.77. The summed E-state index contributed by atoms with van der Waals surface area (Å²) in [6, 6.07) is 8.47. The quantitative estimate of drug-likeness (QED) is 0.803. The maximum Gasteiger partial charge on any atom is 0.0254 e. The van der Waals surface area contributed by atoms with Crippen molar-refractivity contribution in [2.24, 2.45) is 11.8 Å². The minimum Gasteiger partial charge on any atom is -0.312 e. The topological polar surface area (TPSA) is 12.0 Å². The van der Waals surface area contributed by atoms with Crippen molar-refractivity contribution in [1.29, 1.82) is 0 Å². The summed E-state index contributed by atoms with van der Waals surface area (Å²) in [6.45, 7) is 2.05. The van der Waals surface area contributed by atoms with Gasteiger partial charge in [0.15, 0.2) is 0 Å². The Bertz CT molecular complexity index is 356. The fourth-order valence-electron chi connectivity index (χ4n) is 2.63. The smallest absolute Gasteiger partial charge is 0.0254 e. The van der Waals surface area contributed by atoms with Gasteiger partial charge in [-0.1, -0.05) is 34.5 Å². The van der Waals surface area contributed by atoms with E-state index in [0.717, 1.165) is 35.3 Å². The maximum atomic E-state index is 5.99. The van der Waals surface area contributed by atoms with Crippen LogP contribution in [0.1, 0.15) is 24.8 Å². The van der Waals surface area contributed by atoms with Crippen molar-refractivity contribution >= 4 is 27.5 Å². The Morgan fingerprint density at radius 1 is 1.29 bits per heavy atom. The number of hydrogen-bond acceptors (Lipinski definition) is 1. The van der Waals surface area contributed by atoms with E-state index in [1.807, 2.05) is 0 Å². The van der Waals surface area contributed by atoms with Gasteiger partial charge in [0.05, 0.1) is 0 Å². The van der Waals surface area contributed by atoms with E-state index in [2.05, 4.69) is 45.5 Å². The predicted molar refractivity (Wildman–Crippen MR) is 77.4 cm³/mol. The van der Waals surface area contributed by atoms with Crippen LogP contribution < -0.4 is 5.32 Å². The highest BCUT2D eigenvalue weighted by molar-refractivity contribution is 9.10. The zero-order valence-electron chi connectivity index (χ0n) is 9.96. The molecule has 1 nitrogen and oxygen atoms in total. The summed E-state index contributed by atoms with van der Waals surface area (Å²) >= 11 is 9.48. The standard InChI is InChI=1S/C14H19BrClN/c15-14-6-1-3-11(7-14)9-17-10-13-5-2-4-12(13)8-16/h1,3,6-7,12-13,17H,2,4-5,8-10H2. The normalized spacial score (nSPS) is 24.1. The van der Waals surface area contributed by atoms with Crippen LogP contribution in [-0.2, 0) is 6.54 Å². The third-order valence-electron chi connectivity index (χ3n) is 3.64. The summed E-state index contributed by atoms with van der Waals surface area (Å²) < 4.78 is 1.15. The SMILES string of the molecule is ClCC1CCCC1CNCc1cccc(Br)c1. The van der Waals surface area contributed by atoms with Crippen LogP contribution in [-0.4, -0.2) is 12.4 Å². The zero-order valence-corrected chi connectivity index (χ0v) is 12.3. The molecule has 94 valence electrons. The van der Waals surface area contributed by atoms with Crippen molar-refractivity contribution in [2.45, 2.75) is 25.8 Å². The van der Waals surface area contributed by atoms with Crippen molar-refractivity contribution < 1.29 is 0 Å². The minimum atomic E-state index is 0.728. The van der Waals surface area contributed by atoms with Crippen LogP contribution in [0.3, 0.4) is 0 Å². The Balaban J connectivity index is 1.76. The van der Waals surface area contributed by atoms with Gasteiger partial charge in [0.2, 0.25) is 0 Å². The lowest BCUT2D eigenvalue weighted by Gasteiger charge is -2.17. The molecule has 1 N–H and O–H groups in total. The monoisotopic (exact) mass is 315 g/mol. The Labute approximate surface area is 117 Å². The zero-order chi connectivity index (χ0) is 12.1. The molecular weight excluding hydrogens is 298 g/mol. The molecule has 1 aliphatic rings. The highest BCUT2D eigenvalue weighted by Crippen LogP contribution is 2.31. The van der Waals surface area contributed by atoms with E-state index in [0.29, 0.717) is 0 Å². The molecule has 0 aliphatic heterocycles. The van der Waals surface area contributed by atoms with Gasteiger partial charge in [-0.3, -0.25) is 0 Å². The van der Waals surface area contributed by atoms with Gasteiger partial charge in [0, 0.05) is 16.9 Å². The van der Waals surface area contributed by atoms with Gasteiger partial charge in [0.25, 0.3) is 0 Å². The molecule has 17 heavy (non-hydrogen) atoms. The lowest BCUT2D eigenvalue weighted by Crippen LogP contribution is -2.25. The number of hydrogen-bond donors (Lipinski definition) is 1. The Hall–Kier alpha value is -0.0500. The van der Waals surface area contributed by atoms with Crippen LogP contribution >= 0.6 is 27.5 Å². The molecule has 0 spiro atoms. The molecule has 2 unspecified atom stereocenters. The Kier molecular flexibility index (Phi) is 5.33. The summed E-state index contributed by atoms with van der Waals surface area (Å²) in [5.41, 5.74) is 1.33. The average Bonchev–Trinajstić information content (AvgIpc) is 2.77. The van der Waals surface area contributed by atoms with Gasteiger partial charge in [0.1, 0.15) is 0 Å². The Morgan fingerprint density at radius 3 is 2.88 bits per heavy atom. The molecule has 2 atom stereocenters. The fraction of sp³-hybridized carbons (Fsp3) is 0.571. The number of rotatable bonds is 5. The first kappa shape index (κ1) is 13.4. The van der Waals surface area contributed by atoms with E-state index in [1.54, 1.807) is 0 Å². The summed E-state index contributed by atoms with van der Waals surface area (Å²) in [5, 5.41) is 3.56. The van der Waals surface area contributed by atoms with Crippen molar-refractivity contribution in [2.75, 3.05) is 12.4 Å². The molecule has 0 bridgehead atoms. The predicted octanol–water partition coefficient (Wildman–Crippen LogP) is 4.19. The first-order valence-electron chi connectivity index (χ1n) is 6.30. The first-order chi connectivity index (χ1) is 8.29. The number of nitrogens with one attached hydrogen (secondary N) is 1. The maximum absolute atomic E-state index is 5.99. The molecule has 0 saturated heterocycles. The van der Waals surface area contributed by atoms with Gasteiger partial charge in [-0.15, -0.1) is 11.6 Å². The van der Waals surface area contributed by atoms with Gasteiger partial charge < -0.3 is 5.32 Å². The molecule has 1 aromatic rings. The second-order valence-corrected chi connectivity index (χ2v) is 6.09. The minimum absolute atomic E-state index is 0.728. The van der Waals surface area contributed by atoms with Crippen LogP contribution in [0.4, 0.5) is 0 Å². The summed E-state index contributed by atoms with van der Waals surface area (Å²) in [4.78, 5) is 0. The van der Waals surface area contributed by atoms with Crippen molar-refractivity contribution in [1.82, 2.24) is 5.32 Å². The van der Waals surface area contributed by atoms with Gasteiger partial charge >= 0.3 is 0 Å². The average molecular weight is 317 g/mol. The molecule has 0 radical (unpaired) electrons. The van der Waals surface area contributed by atoms with Crippen LogP contribution in [0.5, 0.6) is 0 Å². The van der Waals surface area contributed by atoms with Gasteiger partial charge in [-0.25, -0.2) is 0 Å². The molecule has 3 heteroatoms. The van der Waals surface area contributed by atoms with Gasteiger partial charge in [-0.2, -0.15) is 0 Å². The third-order valence-corrected chi connectivity index (χ3v) is 4.53. The van der Waals surface area contributed by atoms with E-state index >= 15 is 0 Å². The Morgan fingerprint density at radius 2 is 2.12 bits per heavy atom. The van der Waals surface area contributed by atoms with E-state index in [9.17, 15) is 0 Å². The molecule has 0 aromatic heterocycles. The second-order valence-electron chi connectivity index (χ2n) is 4.87. The molecule has 1 fully saturated rings. The molecule has 2 rings (SSSR count). The molecule has 0 amide bonds. The lowest BCUT2D eigenvalue weighted by atomic mass is 9.98. The van der Waals surface area contributed by atoms with Crippen molar-refractivity contribution in [3.8, 4) is 0 Å². The van der Waals surface area contributed by atoms with E-state index in [1.165, 1.54) is 24.8 Å². The molecular formula is C14H19BrClN. The largest absolute Gasteiger partial charge is 0.312 e. The highest BCUT2D eigenvalue weighted by Gasteiger charge is 2.25. The number of benzene rings is 1. The number of halogens is 2. The third kappa shape index (κ3) is 3.97. The summed E-state index contributed by atoms with van der Waals surface area (Å²) in [5.74, 6) is 2.33. The molecule has 1 aromatic carbocycles. The van der Waals surface area contributed by atoms with E-state index in [-0.39, 0.29) is 0 Å². The van der Waals surface area contributed by atoms with Crippen LogP contribution in [0.2, 0.25) is 0 Å². The van der Waals surface area contributed by atoms with Crippen LogP contribution in [0.25, 0.3) is 0 Å². The van der Waals surface area contributed by atoms with Crippen LogP contribution in [0.15, 0.2) is 28.7 Å². The molecule has 1 aliphatic carbocycles. The first-order valence-corrected chi connectivity index (χ1v) is 7.63. The van der Waals surface area contributed by atoms with Crippen molar-refractivity contribution in [3.05, 3.63) is 34.3 Å². The fourth-order valence-corrected chi connectivity index (χ4v) is 3.49. The lowest BCUT2D eigenvalue weighted by molar-refractivity contribution is 0.395. The number of alkyl halides is 1. The summed E-state index contributed by atoms with van der Waals surface area (Å²) in [6.07, 6.45) is 4.00. The molecule has 1 saturated carbocycles.